The highest BCUT2D eigenvalue weighted by molar-refractivity contribution is 5.98. The third kappa shape index (κ3) is 6.06. The van der Waals surface area contributed by atoms with Crippen molar-refractivity contribution in [2.24, 2.45) is 0 Å². The average molecular weight is 430 g/mol. The van der Waals surface area contributed by atoms with Crippen LogP contribution in [0.4, 0.5) is 0 Å². The van der Waals surface area contributed by atoms with Gasteiger partial charge in [-0.1, -0.05) is 30.3 Å². The van der Waals surface area contributed by atoms with Crippen molar-refractivity contribution in [2.75, 3.05) is 32.7 Å². The van der Waals surface area contributed by atoms with Gasteiger partial charge in [0.2, 0.25) is 11.8 Å². The van der Waals surface area contributed by atoms with Crippen molar-refractivity contribution in [1.82, 2.24) is 15.1 Å². The number of carbonyl (C=O) groups is 3. The topological polar surface area (TPSA) is 79.0 Å². The number of ether oxygens (including phenoxy) is 1. The van der Waals surface area contributed by atoms with E-state index in [-0.39, 0.29) is 37.3 Å². The van der Waals surface area contributed by atoms with Crippen molar-refractivity contribution < 1.29 is 19.1 Å². The van der Waals surface area contributed by atoms with Crippen LogP contribution in [0.2, 0.25) is 0 Å². The van der Waals surface area contributed by atoms with Crippen LogP contribution < -0.4 is 5.32 Å². The van der Waals surface area contributed by atoms with Crippen LogP contribution >= 0.6 is 0 Å². The number of benzene rings is 1. The second-order valence-corrected chi connectivity index (χ2v) is 9.53. The maximum atomic E-state index is 12.9. The molecule has 0 aliphatic carbocycles. The van der Waals surface area contributed by atoms with Gasteiger partial charge < -0.3 is 19.9 Å². The summed E-state index contributed by atoms with van der Waals surface area (Å²) >= 11 is 0. The molecule has 1 N–H and O–H groups in total. The monoisotopic (exact) mass is 429 g/mol. The molecule has 3 rings (SSSR count). The summed E-state index contributed by atoms with van der Waals surface area (Å²) in [5.74, 6) is -0.569. The molecule has 1 spiro atoms. The van der Waals surface area contributed by atoms with Crippen LogP contribution in [0.5, 0.6) is 0 Å². The Balaban J connectivity index is 1.55. The fourth-order valence-electron chi connectivity index (χ4n) is 4.51. The first-order chi connectivity index (χ1) is 14.7. The molecule has 1 aromatic rings. The van der Waals surface area contributed by atoms with Gasteiger partial charge in [-0.2, -0.15) is 0 Å². The Morgan fingerprint density at radius 2 is 1.77 bits per heavy atom. The first-order valence-corrected chi connectivity index (χ1v) is 11.3. The second-order valence-electron chi connectivity index (χ2n) is 9.53. The number of amides is 2. The van der Waals surface area contributed by atoms with E-state index in [2.05, 4.69) is 34.5 Å². The quantitative estimate of drug-likeness (QED) is 0.672. The molecule has 0 saturated carbocycles. The largest absolute Gasteiger partial charge is 0.460 e. The number of rotatable bonds is 7. The molecule has 0 aromatic heterocycles. The summed E-state index contributed by atoms with van der Waals surface area (Å²) in [6, 6.07) is 10.4. The summed E-state index contributed by atoms with van der Waals surface area (Å²) in [6.07, 6.45) is 3.36. The summed E-state index contributed by atoms with van der Waals surface area (Å²) < 4.78 is 5.38. The molecule has 31 heavy (non-hydrogen) atoms. The predicted octanol–water partition coefficient (Wildman–Crippen LogP) is 2.14. The Labute approximate surface area is 185 Å². The van der Waals surface area contributed by atoms with Gasteiger partial charge in [-0.15, -0.1) is 0 Å². The number of nitrogens with zero attached hydrogens (tertiary/aromatic N) is 2. The van der Waals surface area contributed by atoms with E-state index in [1.807, 2.05) is 26.8 Å². The molecular weight excluding hydrogens is 394 g/mol. The number of hydrogen-bond acceptors (Lipinski definition) is 5. The van der Waals surface area contributed by atoms with Crippen molar-refractivity contribution in [1.29, 1.82) is 0 Å². The SMILES string of the molecule is CC(C)(C)OC(=O)CCN1C(=O)CNC(=O)C12CCN(CCCc1ccccc1)CC2. The van der Waals surface area contributed by atoms with Crippen molar-refractivity contribution in [3.05, 3.63) is 35.9 Å². The van der Waals surface area contributed by atoms with Crippen molar-refractivity contribution in [3.8, 4) is 0 Å². The third-order valence-electron chi connectivity index (χ3n) is 6.07. The zero-order chi connectivity index (χ0) is 22.5. The molecule has 2 aliphatic heterocycles. The molecule has 0 atom stereocenters. The van der Waals surface area contributed by atoms with E-state index in [0.717, 1.165) is 32.5 Å². The van der Waals surface area contributed by atoms with Gasteiger partial charge in [-0.25, -0.2) is 0 Å². The van der Waals surface area contributed by atoms with Gasteiger partial charge in [-0.05, 0) is 58.6 Å². The van der Waals surface area contributed by atoms with E-state index >= 15 is 0 Å². The molecule has 7 heteroatoms. The van der Waals surface area contributed by atoms with E-state index in [0.29, 0.717) is 12.8 Å². The molecule has 170 valence electrons. The normalized spacial score (nSPS) is 19.4. The fraction of sp³-hybridized carbons (Fsp3) is 0.625. The lowest BCUT2D eigenvalue weighted by molar-refractivity contribution is -0.162. The minimum atomic E-state index is -0.854. The molecule has 2 fully saturated rings. The first kappa shape index (κ1) is 23.3. The number of hydrogen-bond donors (Lipinski definition) is 1. The standard InChI is InChI=1S/C24H35N3O4/c1-23(2,3)31-21(29)11-15-27-20(28)18-25-22(30)24(27)12-16-26(17-13-24)14-7-10-19-8-5-4-6-9-19/h4-6,8-9H,7,10-18H2,1-3H3,(H,25,30). The van der Waals surface area contributed by atoms with Crippen LogP contribution in [-0.2, 0) is 25.5 Å². The molecule has 1 aromatic carbocycles. The summed E-state index contributed by atoms with van der Waals surface area (Å²) in [7, 11) is 0. The van der Waals surface area contributed by atoms with Crippen LogP contribution in [0.3, 0.4) is 0 Å². The highest BCUT2D eigenvalue weighted by Gasteiger charge is 2.50. The van der Waals surface area contributed by atoms with Gasteiger partial charge in [0.1, 0.15) is 11.1 Å². The number of aryl methyl sites for hydroxylation is 1. The molecular formula is C24H35N3O4. The minimum Gasteiger partial charge on any atom is -0.460 e. The van der Waals surface area contributed by atoms with E-state index in [1.54, 1.807) is 4.90 Å². The van der Waals surface area contributed by atoms with Gasteiger partial charge in [0.15, 0.2) is 0 Å². The van der Waals surface area contributed by atoms with Crippen molar-refractivity contribution >= 4 is 17.8 Å². The van der Waals surface area contributed by atoms with Crippen LogP contribution in [0.1, 0.15) is 52.0 Å². The number of likely N-dealkylation sites (tertiary alicyclic amines) is 1. The van der Waals surface area contributed by atoms with Gasteiger partial charge in [0.25, 0.3) is 0 Å². The maximum absolute atomic E-state index is 12.9. The molecule has 7 nitrogen and oxygen atoms in total. The van der Waals surface area contributed by atoms with Crippen molar-refractivity contribution in [2.45, 2.75) is 64.0 Å². The highest BCUT2D eigenvalue weighted by Crippen LogP contribution is 2.32. The molecule has 2 aliphatic rings. The lowest BCUT2D eigenvalue weighted by Gasteiger charge is -2.49. The number of piperidine rings is 1. The Morgan fingerprint density at radius 1 is 1.10 bits per heavy atom. The zero-order valence-electron chi connectivity index (χ0n) is 19.0. The summed E-state index contributed by atoms with van der Waals surface area (Å²) in [4.78, 5) is 41.7. The second kappa shape index (κ2) is 9.81. The van der Waals surface area contributed by atoms with Gasteiger partial charge in [0.05, 0.1) is 13.0 Å². The molecule has 2 amide bonds. The Kier molecular flexibility index (Phi) is 7.36. The Bertz CT molecular complexity index is 780. The third-order valence-corrected chi connectivity index (χ3v) is 6.07. The fourth-order valence-corrected chi connectivity index (χ4v) is 4.51. The van der Waals surface area contributed by atoms with Crippen LogP contribution in [-0.4, -0.2) is 71.4 Å². The van der Waals surface area contributed by atoms with Gasteiger partial charge >= 0.3 is 5.97 Å². The van der Waals surface area contributed by atoms with E-state index < -0.39 is 11.1 Å². The summed E-state index contributed by atoms with van der Waals surface area (Å²) in [6.45, 7) is 8.17. The predicted molar refractivity (Wildman–Crippen MR) is 118 cm³/mol. The number of esters is 1. The van der Waals surface area contributed by atoms with Crippen LogP contribution in [0.25, 0.3) is 0 Å². The molecule has 0 radical (unpaired) electrons. The summed E-state index contributed by atoms with van der Waals surface area (Å²) in [5.41, 5.74) is -0.0854. The van der Waals surface area contributed by atoms with Crippen LogP contribution in [0, 0.1) is 0 Å². The lowest BCUT2D eigenvalue weighted by atomic mass is 9.82. The maximum Gasteiger partial charge on any atom is 0.308 e. The smallest absolute Gasteiger partial charge is 0.308 e. The molecule has 2 heterocycles. The van der Waals surface area contributed by atoms with E-state index in [1.165, 1.54) is 5.56 Å². The van der Waals surface area contributed by atoms with Gasteiger partial charge in [-0.3, -0.25) is 14.4 Å². The van der Waals surface area contributed by atoms with Crippen LogP contribution in [0.15, 0.2) is 30.3 Å². The number of nitrogens with one attached hydrogen (secondary N) is 1. The minimum absolute atomic E-state index is 0.00427. The van der Waals surface area contributed by atoms with Gasteiger partial charge in [0, 0.05) is 19.6 Å². The van der Waals surface area contributed by atoms with E-state index in [9.17, 15) is 14.4 Å². The van der Waals surface area contributed by atoms with Crippen molar-refractivity contribution in [3.63, 3.8) is 0 Å². The Hall–Kier alpha value is -2.41. The Morgan fingerprint density at radius 3 is 2.42 bits per heavy atom. The lowest BCUT2D eigenvalue weighted by Crippen LogP contribution is -2.70. The summed E-state index contributed by atoms with van der Waals surface area (Å²) in [5, 5.41) is 2.76. The molecule has 2 saturated heterocycles. The number of carbonyl (C=O) groups excluding carboxylic acids is 3. The first-order valence-electron chi connectivity index (χ1n) is 11.3. The van der Waals surface area contributed by atoms with E-state index in [4.69, 9.17) is 4.74 Å². The molecule has 0 bridgehead atoms. The number of piperazine rings is 1. The average Bonchev–Trinajstić information content (AvgIpc) is 2.72. The highest BCUT2D eigenvalue weighted by atomic mass is 16.6. The molecule has 0 unspecified atom stereocenters. The zero-order valence-corrected chi connectivity index (χ0v) is 19.0.